The second-order valence-corrected chi connectivity index (χ2v) is 3.87. The highest BCUT2D eigenvalue weighted by molar-refractivity contribution is 5.67. The van der Waals surface area contributed by atoms with Gasteiger partial charge in [-0.2, -0.15) is 0 Å². The summed E-state index contributed by atoms with van der Waals surface area (Å²) in [4.78, 5) is 11.0. The van der Waals surface area contributed by atoms with Crippen LogP contribution in [0.1, 0.15) is 33.6 Å². The van der Waals surface area contributed by atoms with Gasteiger partial charge in [-0.15, -0.1) is 0 Å². The molecule has 3 nitrogen and oxygen atoms in total. The van der Waals surface area contributed by atoms with E-state index in [2.05, 4.69) is 12.2 Å². The minimum Gasteiger partial charge on any atom is -0.447 e. The predicted molar refractivity (Wildman–Crippen MR) is 46.9 cm³/mol. The lowest BCUT2D eigenvalue weighted by Gasteiger charge is -2.32. The summed E-state index contributed by atoms with van der Waals surface area (Å²) in [7, 11) is 0. The van der Waals surface area contributed by atoms with Gasteiger partial charge in [0.1, 0.15) is 0 Å². The Balaban J connectivity index is 2.11. The SMILES string of the molecule is CC1CC(NC(=O)OC(C)C)C1. The maximum Gasteiger partial charge on any atom is 0.407 e. The Hall–Kier alpha value is -0.730. The van der Waals surface area contributed by atoms with Gasteiger partial charge in [0.25, 0.3) is 0 Å². The number of hydrogen-bond donors (Lipinski definition) is 1. The molecule has 0 bridgehead atoms. The fraction of sp³-hybridized carbons (Fsp3) is 0.889. The normalized spacial score (nSPS) is 28.0. The van der Waals surface area contributed by atoms with E-state index in [1.54, 1.807) is 0 Å². The summed E-state index contributed by atoms with van der Waals surface area (Å²) >= 11 is 0. The van der Waals surface area contributed by atoms with Gasteiger partial charge in [-0.3, -0.25) is 0 Å². The molecule has 1 N–H and O–H groups in total. The molecule has 0 aromatic heterocycles. The molecule has 1 fully saturated rings. The van der Waals surface area contributed by atoms with Crippen molar-refractivity contribution >= 4 is 6.09 Å². The first-order valence-corrected chi connectivity index (χ1v) is 4.55. The Bertz CT molecular complexity index is 162. The molecule has 0 radical (unpaired) electrons. The third-order valence-corrected chi connectivity index (χ3v) is 2.04. The van der Waals surface area contributed by atoms with Crippen molar-refractivity contribution in [2.24, 2.45) is 5.92 Å². The number of carbonyl (C=O) groups excluding carboxylic acids is 1. The average molecular weight is 171 g/mol. The molecule has 0 saturated heterocycles. The molecule has 3 heteroatoms. The minimum atomic E-state index is -0.276. The largest absolute Gasteiger partial charge is 0.447 e. The summed E-state index contributed by atoms with van der Waals surface area (Å²) < 4.78 is 4.94. The number of hydrogen-bond acceptors (Lipinski definition) is 2. The monoisotopic (exact) mass is 171 g/mol. The highest BCUT2D eigenvalue weighted by Crippen LogP contribution is 2.26. The summed E-state index contributed by atoms with van der Waals surface area (Å²) in [6, 6.07) is 0.353. The third-order valence-electron chi connectivity index (χ3n) is 2.04. The van der Waals surface area contributed by atoms with Crippen LogP contribution in [0.3, 0.4) is 0 Å². The second-order valence-electron chi connectivity index (χ2n) is 3.87. The lowest BCUT2D eigenvalue weighted by molar-refractivity contribution is 0.103. The van der Waals surface area contributed by atoms with Gasteiger partial charge in [-0.25, -0.2) is 4.79 Å². The molecule has 1 aliphatic rings. The van der Waals surface area contributed by atoms with E-state index in [1.165, 1.54) is 0 Å². The fourth-order valence-electron chi connectivity index (χ4n) is 1.43. The summed E-state index contributed by atoms with van der Waals surface area (Å²) in [6.07, 6.45) is 1.88. The first-order valence-electron chi connectivity index (χ1n) is 4.55. The quantitative estimate of drug-likeness (QED) is 0.689. The molecule has 12 heavy (non-hydrogen) atoms. The predicted octanol–water partition coefficient (Wildman–Crippen LogP) is 1.92. The van der Waals surface area contributed by atoms with Crippen LogP contribution >= 0.6 is 0 Å². The molecule has 0 spiro atoms. The Morgan fingerprint density at radius 3 is 2.50 bits per heavy atom. The van der Waals surface area contributed by atoms with Crippen molar-refractivity contribution in [3.63, 3.8) is 0 Å². The van der Waals surface area contributed by atoms with E-state index in [4.69, 9.17) is 4.74 Å². The molecule has 0 atom stereocenters. The van der Waals surface area contributed by atoms with E-state index in [-0.39, 0.29) is 12.2 Å². The highest BCUT2D eigenvalue weighted by Gasteiger charge is 2.27. The molecule has 1 amide bonds. The second kappa shape index (κ2) is 3.78. The fourth-order valence-corrected chi connectivity index (χ4v) is 1.43. The van der Waals surface area contributed by atoms with Crippen molar-refractivity contribution in [2.45, 2.75) is 45.8 Å². The smallest absolute Gasteiger partial charge is 0.407 e. The molecule has 1 aliphatic carbocycles. The number of nitrogens with one attached hydrogen (secondary N) is 1. The van der Waals surface area contributed by atoms with Crippen molar-refractivity contribution in [3.8, 4) is 0 Å². The summed E-state index contributed by atoms with van der Waals surface area (Å²) in [5.41, 5.74) is 0. The summed E-state index contributed by atoms with van der Waals surface area (Å²) in [5.74, 6) is 0.759. The Morgan fingerprint density at radius 2 is 2.08 bits per heavy atom. The molecular formula is C9H17NO2. The van der Waals surface area contributed by atoms with Gasteiger partial charge in [-0.05, 0) is 32.6 Å². The van der Waals surface area contributed by atoms with Crippen LogP contribution in [-0.4, -0.2) is 18.2 Å². The van der Waals surface area contributed by atoms with Crippen molar-refractivity contribution in [1.82, 2.24) is 5.32 Å². The molecule has 1 saturated carbocycles. The van der Waals surface area contributed by atoms with Gasteiger partial charge in [0.15, 0.2) is 0 Å². The van der Waals surface area contributed by atoms with E-state index < -0.39 is 0 Å². The standard InChI is InChI=1S/C9H17NO2/c1-6(2)12-9(11)10-8-4-7(3)5-8/h6-8H,4-5H2,1-3H3,(H,10,11). The molecule has 1 rings (SSSR count). The zero-order valence-corrected chi connectivity index (χ0v) is 7.96. The van der Waals surface area contributed by atoms with Crippen molar-refractivity contribution in [1.29, 1.82) is 0 Å². The van der Waals surface area contributed by atoms with Crippen LogP contribution in [0.25, 0.3) is 0 Å². The van der Waals surface area contributed by atoms with Gasteiger partial charge in [-0.1, -0.05) is 6.92 Å². The lowest BCUT2D eigenvalue weighted by atomic mass is 9.82. The van der Waals surface area contributed by atoms with Crippen molar-refractivity contribution < 1.29 is 9.53 Å². The average Bonchev–Trinajstić information content (AvgIpc) is 1.82. The number of rotatable bonds is 2. The molecular weight excluding hydrogens is 154 g/mol. The van der Waals surface area contributed by atoms with Gasteiger partial charge >= 0.3 is 6.09 Å². The van der Waals surface area contributed by atoms with Gasteiger partial charge in [0.05, 0.1) is 6.10 Å². The Labute approximate surface area is 73.5 Å². The molecule has 0 aromatic carbocycles. The molecule has 70 valence electrons. The van der Waals surface area contributed by atoms with Crippen LogP contribution in [0.5, 0.6) is 0 Å². The van der Waals surface area contributed by atoms with E-state index in [0.717, 1.165) is 18.8 Å². The van der Waals surface area contributed by atoms with Crippen LogP contribution in [0.15, 0.2) is 0 Å². The van der Waals surface area contributed by atoms with E-state index in [0.29, 0.717) is 6.04 Å². The zero-order chi connectivity index (χ0) is 9.14. The van der Waals surface area contributed by atoms with Crippen LogP contribution in [-0.2, 0) is 4.74 Å². The van der Waals surface area contributed by atoms with Crippen LogP contribution in [0, 0.1) is 5.92 Å². The first kappa shape index (κ1) is 9.36. The summed E-state index contributed by atoms with van der Waals surface area (Å²) in [6.45, 7) is 5.89. The molecule has 0 unspecified atom stereocenters. The number of carbonyl (C=O) groups is 1. The number of ether oxygens (including phenoxy) is 1. The van der Waals surface area contributed by atoms with Crippen LogP contribution in [0.2, 0.25) is 0 Å². The highest BCUT2D eigenvalue weighted by atomic mass is 16.6. The summed E-state index contributed by atoms with van der Waals surface area (Å²) in [5, 5.41) is 2.82. The maximum absolute atomic E-state index is 11.0. The molecule has 0 aromatic rings. The Kier molecular flexibility index (Phi) is 2.95. The lowest BCUT2D eigenvalue weighted by Crippen LogP contribution is -2.44. The van der Waals surface area contributed by atoms with Crippen molar-refractivity contribution in [3.05, 3.63) is 0 Å². The maximum atomic E-state index is 11.0. The molecule has 0 heterocycles. The van der Waals surface area contributed by atoms with E-state index in [9.17, 15) is 4.79 Å². The van der Waals surface area contributed by atoms with Crippen LogP contribution in [0.4, 0.5) is 4.79 Å². The number of amides is 1. The Morgan fingerprint density at radius 1 is 1.50 bits per heavy atom. The number of alkyl carbamates (subject to hydrolysis) is 1. The molecule has 0 aliphatic heterocycles. The van der Waals surface area contributed by atoms with E-state index in [1.807, 2.05) is 13.8 Å². The van der Waals surface area contributed by atoms with Gasteiger partial charge in [0, 0.05) is 6.04 Å². The third kappa shape index (κ3) is 2.72. The first-order chi connectivity index (χ1) is 5.58. The topological polar surface area (TPSA) is 38.3 Å². The van der Waals surface area contributed by atoms with E-state index >= 15 is 0 Å². The van der Waals surface area contributed by atoms with Gasteiger partial charge < -0.3 is 10.1 Å². The van der Waals surface area contributed by atoms with Crippen molar-refractivity contribution in [2.75, 3.05) is 0 Å². The van der Waals surface area contributed by atoms with Gasteiger partial charge in [0.2, 0.25) is 0 Å². The van der Waals surface area contributed by atoms with Crippen LogP contribution < -0.4 is 5.32 Å². The zero-order valence-electron chi connectivity index (χ0n) is 7.96. The minimum absolute atomic E-state index is 0.0255.